The number of rotatable bonds is 2. The summed E-state index contributed by atoms with van der Waals surface area (Å²) < 4.78 is 28.3. The molecule has 206 valence electrons. The minimum absolute atomic E-state index is 0.0108. The average Bonchev–Trinajstić information content (AvgIpc) is 3.25. The van der Waals surface area contributed by atoms with E-state index in [1.807, 2.05) is 0 Å². The van der Waals surface area contributed by atoms with Crippen LogP contribution in [0.5, 0.6) is 5.75 Å². The SMILES string of the molecule is NC(=O)N1C(=O)[C@H]2[C@H](CC=C3[C@H]2C[C@@]2(Cl)C(=O)N(c4ccc(F)cc4)C(=O)[C@@]2(Cl)[C@H]3c2ccc(O)c(F)c2)C1=O. The van der Waals surface area contributed by atoms with E-state index in [0.717, 1.165) is 29.2 Å². The molecule has 0 bridgehead atoms. The zero-order valence-electron chi connectivity index (χ0n) is 20.3. The first-order chi connectivity index (χ1) is 18.8. The van der Waals surface area contributed by atoms with Gasteiger partial charge < -0.3 is 10.8 Å². The zero-order valence-corrected chi connectivity index (χ0v) is 21.8. The van der Waals surface area contributed by atoms with Crippen LogP contribution in [-0.2, 0) is 19.2 Å². The molecule has 2 aliphatic heterocycles. The number of urea groups is 1. The van der Waals surface area contributed by atoms with Gasteiger partial charge in [0.15, 0.2) is 21.3 Å². The van der Waals surface area contributed by atoms with E-state index in [-0.39, 0.29) is 24.1 Å². The van der Waals surface area contributed by atoms with Gasteiger partial charge in [0.2, 0.25) is 11.8 Å². The number of carbonyl (C=O) groups is 5. The highest BCUT2D eigenvalue weighted by molar-refractivity contribution is 6.58. The van der Waals surface area contributed by atoms with E-state index >= 15 is 0 Å². The Balaban J connectivity index is 1.57. The highest BCUT2D eigenvalue weighted by atomic mass is 35.5. The number of phenols is 1. The summed E-state index contributed by atoms with van der Waals surface area (Å²) in [6.07, 6.45) is 1.19. The molecule has 0 aromatic heterocycles. The standard InChI is InChI=1S/C27H19Cl2F2N3O6/c28-26-10-16-14(6-7-15-19(16)22(37)34(21(15)36)25(32)40)20(11-1-8-18(35)17(31)9-11)27(26,29)24(39)33(23(26)38)13-4-2-12(30)3-5-13/h1-6,8-9,15-16,19-20,35H,7,10H2,(H2,32,40)/t15-,16+,19-,20-,26+,27-/m0/s1. The molecule has 3 fully saturated rings. The van der Waals surface area contributed by atoms with Crippen molar-refractivity contribution < 1.29 is 37.9 Å². The van der Waals surface area contributed by atoms with Crippen molar-refractivity contribution in [3.63, 3.8) is 0 Å². The lowest BCUT2D eigenvalue weighted by molar-refractivity contribution is -0.136. The number of fused-ring (bicyclic) bond motifs is 4. The van der Waals surface area contributed by atoms with Crippen molar-refractivity contribution in [2.24, 2.45) is 23.5 Å². The van der Waals surface area contributed by atoms with Gasteiger partial charge in [0.05, 0.1) is 17.5 Å². The molecule has 1 saturated carbocycles. The number of likely N-dealkylation sites (tertiary alicyclic amines) is 1. The summed E-state index contributed by atoms with van der Waals surface area (Å²) in [5.41, 5.74) is 5.72. The molecule has 2 aromatic carbocycles. The number of amides is 6. The summed E-state index contributed by atoms with van der Waals surface area (Å²) in [6, 6.07) is 6.55. The second-order valence-electron chi connectivity index (χ2n) is 10.3. The van der Waals surface area contributed by atoms with Crippen LogP contribution in [0.2, 0.25) is 0 Å². The molecule has 13 heteroatoms. The van der Waals surface area contributed by atoms with Crippen LogP contribution < -0.4 is 10.6 Å². The van der Waals surface area contributed by atoms with Gasteiger partial charge in [-0.15, -0.1) is 23.2 Å². The number of alkyl halides is 2. The number of carbonyl (C=O) groups excluding carboxylic acids is 5. The maximum atomic E-state index is 14.6. The maximum Gasteiger partial charge on any atom is 0.328 e. The van der Waals surface area contributed by atoms with E-state index in [2.05, 4.69) is 0 Å². The predicted molar refractivity (Wildman–Crippen MR) is 136 cm³/mol. The number of phenolic OH excluding ortho intramolecular Hbond substituents is 1. The number of benzene rings is 2. The Kier molecular flexibility index (Phi) is 5.66. The topological polar surface area (TPSA) is 138 Å². The fourth-order valence-corrected chi connectivity index (χ4v) is 7.63. The van der Waals surface area contributed by atoms with Crippen molar-refractivity contribution in [3.8, 4) is 5.75 Å². The summed E-state index contributed by atoms with van der Waals surface area (Å²) in [7, 11) is 0. The minimum Gasteiger partial charge on any atom is -0.505 e. The molecular formula is C27H19Cl2F2N3O6. The van der Waals surface area contributed by atoms with Crippen LogP contribution in [0.25, 0.3) is 0 Å². The van der Waals surface area contributed by atoms with Gasteiger partial charge in [-0.3, -0.25) is 19.2 Å². The number of nitrogens with two attached hydrogens (primary N) is 1. The smallest absolute Gasteiger partial charge is 0.328 e. The number of imide groups is 4. The molecule has 6 rings (SSSR count). The Morgan fingerprint density at radius 1 is 0.975 bits per heavy atom. The van der Waals surface area contributed by atoms with Gasteiger partial charge in [0.1, 0.15) is 5.82 Å². The van der Waals surface area contributed by atoms with Gasteiger partial charge >= 0.3 is 6.03 Å². The van der Waals surface area contributed by atoms with Crippen molar-refractivity contribution in [2.75, 3.05) is 4.90 Å². The van der Waals surface area contributed by atoms with Crippen molar-refractivity contribution in [1.29, 1.82) is 0 Å². The number of nitrogens with zero attached hydrogens (tertiary/aromatic N) is 2. The Bertz CT molecular complexity index is 1580. The Hall–Kier alpha value is -3.83. The zero-order chi connectivity index (χ0) is 28.9. The first kappa shape index (κ1) is 26.4. The van der Waals surface area contributed by atoms with Gasteiger partial charge in [-0.1, -0.05) is 17.7 Å². The lowest BCUT2D eigenvalue weighted by Gasteiger charge is -2.50. The van der Waals surface area contributed by atoms with Crippen molar-refractivity contribution in [2.45, 2.75) is 28.5 Å². The molecule has 6 atom stereocenters. The quantitative estimate of drug-likeness (QED) is 0.313. The van der Waals surface area contributed by atoms with Gasteiger partial charge in [0, 0.05) is 5.92 Å². The van der Waals surface area contributed by atoms with E-state index < -0.39 is 80.5 Å². The van der Waals surface area contributed by atoms with Crippen LogP contribution in [0.15, 0.2) is 54.1 Å². The van der Waals surface area contributed by atoms with Crippen LogP contribution in [0.3, 0.4) is 0 Å². The first-order valence-corrected chi connectivity index (χ1v) is 13.0. The van der Waals surface area contributed by atoms with E-state index in [0.29, 0.717) is 10.5 Å². The number of hydrogen-bond donors (Lipinski definition) is 2. The highest BCUT2D eigenvalue weighted by Crippen LogP contribution is 2.65. The minimum atomic E-state index is -2.26. The van der Waals surface area contributed by atoms with E-state index in [1.165, 1.54) is 18.2 Å². The van der Waals surface area contributed by atoms with Gasteiger partial charge in [-0.05, 0) is 60.7 Å². The second kappa shape index (κ2) is 8.58. The summed E-state index contributed by atoms with van der Waals surface area (Å²) in [5, 5.41) is 9.81. The molecule has 2 aromatic rings. The molecule has 9 nitrogen and oxygen atoms in total. The van der Waals surface area contributed by atoms with E-state index in [1.54, 1.807) is 6.08 Å². The molecule has 0 unspecified atom stereocenters. The predicted octanol–water partition coefficient (Wildman–Crippen LogP) is 3.31. The van der Waals surface area contributed by atoms with Crippen LogP contribution >= 0.6 is 23.2 Å². The largest absolute Gasteiger partial charge is 0.505 e. The van der Waals surface area contributed by atoms with Crippen molar-refractivity contribution in [3.05, 3.63) is 71.3 Å². The number of halogens is 4. The fourth-order valence-electron chi connectivity index (χ4n) is 6.69. The summed E-state index contributed by atoms with van der Waals surface area (Å²) in [5.74, 6) is -10.3. The summed E-state index contributed by atoms with van der Waals surface area (Å²) in [4.78, 5) is 62.9. The maximum absolute atomic E-state index is 14.6. The van der Waals surface area contributed by atoms with Crippen LogP contribution in [0.1, 0.15) is 24.3 Å². The normalized spacial score (nSPS) is 33.0. The highest BCUT2D eigenvalue weighted by Gasteiger charge is 2.76. The molecule has 2 heterocycles. The molecular weight excluding hydrogens is 571 g/mol. The second-order valence-corrected chi connectivity index (χ2v) is 11.6. The van der Waals surface area contributed by atoms with E-state index in [4.69, 9.17) is 28.9 Å². The molecule has 2 aliphatic carbocycles. The molecule has 6 amide bonds. The monoisotopic (exact) mass is 589 g/mol. The molecule has 3 N–H and O–H groups in total. The third kappa shape index (κ3) is 3.21. The van der Waals surface area contributed by atoms with Crippen molar-refractivity contribution in [1.82, 2.24) is 4.90 Å². The molecule has 0 spiro atoms. The fraction of sp³-hybridized carbons (Fsp3) is 0.296. The first-order valence-electron chi connectivity index (χ1n) is 12.2. The third-order valence-corrected chi connectivity index (χ3v) is 9.83. The lowest BCUT2D eigenvalue weighted by atomic mass is 9.56. The van der Waals surface area contributed by atoms with Gasteiger partial charge in [0.25, 0.3) is 11.8 Å². The third-order valence-electron chi connectivity index (χ3n) is 8.42. The summed E-state index contributed by atoms with van der Waals surface area (Å²) in [6.45, 7) is 0. The summed E-state index contributed by atoms with van der Waals surface area (Å²) >= 11 is 14.2. The molecule has 2 saturated heterocycles. The van der Waals surface area contributed by atoms with Crippen molar-refractivity contribution >= 4 is 58.5 Å². The number of hydrogen-bond acceptors (Lipinski definition) is 6. The Morgan fingerprint density at radius 3 is 2.27 bits per heavy atom. The van der Waals surface area contributed by atoms with Crippen LogP contribution in [0.4, 0.5) is 19.3 Å². The Labute approximate surface area is 235 Å². The average molecular weight is 590 g/mol. The molecule has 4 aliphatic rings. The molecule has 40 heavy (non-hydrogen) atoms. The van der Waals surface area contributed by atoms with Crippen LogP contribution in [0, 0.1) is 29.4 Å². The number of aromatic hydroxyl groups is 1. The number of anilines is 1. The lowest BCUT2D eigenvalue weighted by Crippen LogP contribution is -2.60. The van der Waals surface area contributed by atoms with Gasteiger partial charge in [-0.2, -0.15) is 4.90 Å². The van der Waals surface area contributed by atoms with Crippen LogP contribution in [-0.4, -0.2) is 49.4 Å². The Morgan fingerprint density at radius 2 is 1.65 bits per heavy atom. The number of primary amides is 1. The molecule has 0 radical (unpaired) electrons. The van der Waals surface area contributed by atoms with Gasteiger partial charge in [-0.25, -0.2) is 18.5 Å². The number of allylic oxidation sites excluding steroid dienone is 2. The van der Waals surface area contributed by atoms with E-state index in [9.17, 15) is 37.9 Å².